The van der Waals surface area contributed by atoms with Gasteiger partial charge in [0.25, 0.3) is 5.91 Å². The Kier molecular flexibility index (Phi) is 5.31. The monoisotopic (exact) mass is 406 g/mol. The molecular formula is C24H20F2N2O2. The first kappa shape index (κ1) is 19.8. The SMILES string of the molecule is NC(=O)[C@@H](c1ccccc1)N(C(=O)c1ccccc1)C1CCc2c(F)cc(F)cc21. The molecule has 3 aromatic carbocycles. The molecule has 152 valence electrons. The van der Waals surface area contributed by atoms with Crippen LogP contribution < -0.4 is 5.73 Å². The summed E-state index contributed by atoms with van der Waals surface area (Å²) in [5, 5.41) is 0. The molecule has 4 rings (SSSR count). The molecule has 0 bridgehead atoms. The third-order valence-electron chi connectivity index (χ3n) is 5.48. The molecule has 1 aliphatic carbocycles. The van der Waals surface area contributed by atoms with E-state index in [-0.39, 0.29) is 0 Å². The molecule has 6 heteroatoms. The van der Waals surface area contributed by atoms with Crippen molar-refractivity contribution in [1.82, 2.24) is 4.90 Å². The highest BCUT2D eigenvalue weighted by molar-refractivity contribution is 5.98. The van der Waals surface area contributed by atoms with Gasteiger partial charge >= 0.3 is 0 Å². The highest BCUT2D eigenvalue weighted by atomic mass is 19.1. The molecule has 2 atom stereocenters. The van der Waals surface area contributed by atoms with E-state index in [2.05, 4.69) is 0 Å². The van der Waals surface area contributed by atoms with Gasteiger partial charge in [0.1, 0.15) is 17.7 Å². The number of amides is 2. The van der Waals surface area contributed by atoms with E-state index in [1.807, 2.05) is 0 Å². The number of benzene rings is 3. The number of nitrogens with zero attached hydrogens (tertiary/aromatic N) is 1. The molecular weight excluding hydrogens is 386 g/mol. The third-order valence-corrected chi connectivity index (χ3v) is 5.48. The first-order valence-corrected chi connectivity index (χ1v) is 9.67. The van der Waals surface area contributed by atoms with Crippen molar-refractivity contribution in [2.45, 2.75) is 24.9 Å². The molecule has 0 radical (unpaired) electrons. The van der Waals surface area contributed by atoms with Crippen LogP contribution in [0.4, 0.5) is 8.78 Å². The number of rotatable bonds is 5. The second kappa shape index (κ2) is 8.06. The van der Waals surface area contributed by atoms with Crippen LogP contribution in [-0.2, 0) is 11.2 Å². The van der Waals surface area contributed by atoms with E-state index in [1.54, 1.807) is 60.7 Å². The largest absolute Gasteiger partial charge is 0.368 e. The fourth-order valence-electron chi connectivity index (χ4n) is 4.18. The molecule has 0 aromatic heterocycles. The zero-order valence-electron chi connectivity index (χ0n) is 16.1. The van der Waals surface area contributed by atoms with Gasteiger partial charge in [-0.2, -0.15) is 0 Å². The van der Waals surface area contributed by atoms with Crippen molar-refractivity contribution >= 4 is 11.8 Å². The number of hydrogen-bond donors (Lipinski definition) is 1. The minimum Gasteiger partial charge on any atom is -0.368 e. The van der Waals surface area contributed by atoms with Crippen LogP contribution >= 0.6 is 0 Å². The van der Waals surface area contributed by atoms with Gasteiger partial charge in [-0.1, -0.05) is 48.5 Å². The summed E-state index contributed by atoms with van der Waals surface area (Å²) in [5.41, 5.74) is 7.40. The Bertz CT molecular complexity index is 1090. The lowest BCUT2D eigenvalue weighted by molar-refractivity contribution is -0.123. The minimum atomic E-state index is -1.08. The average molecular weight is 406 g/mol. The average Bonchev–Trinajstić information content (AvgIpc) is 3.16. The molecule has 0 heterocycles. The summed E-state index contributed by atoms with van der Waals surface area (Å²) in [4.78, 5) is 27.5. The Morgan fingerprint density at radius 3 is 2.23 bits per heavy atom. The quantitative estimate of drug-likeness (QED) is 0.686. The molecule has 2 N–H and O–H groups in total. The fraction of sp³-hybridized carbons (Fsp3) is 0.167. The number of halogens is 2. The molecule has 0 aliphatic heterocycles. The number of fused-ring (bicyclic) bond motifs is 1. The van der Waals surface area contributed by atoms with Crippen LogP contribution in [-0.4, -0.2) is 16.7 Å². The molecule has 0 saturated heterocycles. The third kappa shape index (κ3) is 3.56. The molecule has 1 aliphatic rings. The Morgan fingerprint density at radius 1 is 0.967 bits per heavy atom. The van der Waals surface area contributed by atoms with Crippen LogP contribution in [0.5, 0.6) is 0 Å². The van der Waals surface area contributed by atoms with E-state index in [0.29, 0.717) is 35.1 Å². The van der Waals surface area contributed by atoms with E-state index < -0.39 is 35.5 Å². The van der Waals surface area contributed by atoms with E-state index in [4.69, 9.17) is 5.73 Å². The molecule has 0 saturated carbocycles. The van der Waals surface area contributed by atoms with Crippen LogP contribution in [0, 0.1) is 11.6 Å². The van der Waals surface area contributed by atoms with E-state index in [1.165, 1.54) is 11.0 Å². The lowest BCUT2D eigenvalue weighted by Crippen LogP contribution is -2.43. The van der Waals surface area contributed by atoms with Crippen LogP contribution in [0.25, 0.3) is 0 Å². The normalized spacial score (nSPS) is 16.0. The molecule has 1 unspecified atom stereocenters. The van der Waals surface area contributed by atoms with Gasteiger partial charge < -0.3 is 10.6 Å². The maximum atomic E-state index is 14.4. The standard InChI is InChI=1S/C24H20F2N2O2/c25-17-13-19-18(20(26)14-17)11-12-21(19)28(24(30)16-9-5-2-6-10-16)22(23(27)29)15-7-3-1-4-8-15/h1-10,13-14,21-22H,11-12H2,(H2,27,29)/t21?,22-/m1/s1. The van der Waals surface area contributed by atoms with Crippen molar-refractivity contribution in [3.05, 3.63) is 107 Å². The van der Waals surface area contributed by atoms with Gasteiger partial charge in [0.2, 0.25) is 5.91 Å². The topological polar surface area (TPSA) is 63.4 Å². The Hall–Kier alpha value is -3.54. The second-order valence-electron chi connectivity index (χ2n) is 7.30. The van der Waals surface area contributed by atoms with Crippen molar-refractivity contribution in [3.63, 3.8) is 0 Å². The van der Waals surface area contributed by atoms with E-state index >= 15 is 0 Å². The number of nitrogens with two attached hydrogens (primary N) is 1. The van der Waals surface area contributed by atoms with Crippen LogP contribution in [0.3, 0.4) is 0 Å². The van der Waals surface area contributed by atoms with Gasteiger partial charge in [0.15, 0.2) is 0 Å². The van der Waals surface area contributed by atoms with Crippen LogP contribution in [0.1, 0.15) is 45.6 Å². The molecule has 30 heavy (non-hydrogen) atoms. The van der Waals surface area contributed by atoms with Crippen molar-refractivity contribution in [1.29, 1.82) is 0 Å². The predicted molar refractivity (Wildman–Crippen MR) is 108 cm³/mol. The molecule has 0 fully saturated rings. The maximum Gasteiger partial charge on any atom is 0.255 e. The van der Waals surface area contributed by atoms with Gasteiger partial charge in [-0.05, 0) is 47.7 Å². The van der Waals surface area contributed by atoms with Gasteiger partial charge in [-0.15, -0.1) is 0 Å². The Morgan fingerprint density at radius 2 is 1.60 bits per heavy atom. The van der Waals surface area contributed by atoms with Crippen LogP contribution in [0.2, 0.25) is 0 Å². The first-order valence-electron chi connectivity index (χ1n) is 9.67. The molecule has 0 spiro atoms. The zero-order chi connectivity index (χ0) is 21.3. The summed E-state index contributed by atoms with van der Waals surface area (Å²) >= 11 is 0. The maximum absolute atomic E-state index is 14.4. The number of carbonyl (C=O) groups is 2. The van der Waals surface area contributed by atoms with E-state index in [0.717, 1.165) is 6.07 Å². The summed E-state index contributed by atoms with van der Waals surface area (Å²) in [6.07, 6.45) is 0.704. The summed E-state index contributed by atoms with van der Waals surface area (Å²) in [5.74, 6) is -2.50. The van der Waals surface area contributed by atoms with Gasteiger partial charge in [0.05, 0.1) is 6.04 Å². The molecule has 4 nitrogen and oxygen atoms in total. The lowest BCUT2D eigenvalue weighted by atomic mass is 9.98. The predicted octanol–water partition coefficient (Wildman–Crippen LogP) is 4.32. The van der Waals surface area contributed by atoms with E-state index in [9.17, 15) is 18.4 Å². The first-order chi connectivity index (χ1) is 14.5. The highest BCUT2D eigenvalue weighted by Gasteiger charge is 2.40. The fourth-order valence-corrected chi connectivity index (χ4v) is 4.18. The van der Waals surface area contributed by atoms with Gasteiger partial charge in [-0.25, -0.2) is 8.78 Å². The summed E-state index contributed by atoms with van der Waals surface area (Å²) in [6, 6.07) is 17.5. The lowest BCUT2D eigenvalue weighted by Gasteiger charge is -2.36. The minimum absolute atomic E-state index is 0.338. The number of hydrogen-bond acceptors (Lipinski definition) is 2. The Labute approximate surface area is 172 Å². The summed E-state index contributed by atoms with van der Waals surface area (Å²) in [7, 11) is 0. The van der Waals surface area contributed by atoms with Crippen LogP contribution in [0.15, 0.2) is 72.8 Å². The zero-order valence-corrected chi connectivity index (χ0v) is 16.1. The van der Waals surface area contributed by atoms with Crippen molar-refractivity contribution < 1.29 is 18.4 Å². The summed E-state index contributed by atoms with van der Waals surface area (Å²) in [6.45, 7) is 0. The van der Waals surface area contributed by atoms with Gasteiger partial charge in [0, 0.05) is 11.6 Å². The number of primary amides is 1. The second-order valence-corrected chi connectivity index (χ2v) is 7.30. The smallest absolute Gasteiger partial charge is 0.255 e. The van der Waals surface area contributed by atoms with Crippen molar-refractivity contribution in [2.24, 2.45) is 5.73 Å². The highest BCUT2D eigenvalue weighted by Crippen LogP contribution is 2.42. The van der Waals surface area contributed by atoms with Gasteiger partial charge in [-0.3, -0.25) is 9.59 Å². The molecule has 2 amide bonds. The number of carbonyl (C=O) groups excluding carboxylic acids is 2. The van der Waals surface area contributed by atoms with Crippen molar-refractivity contribution in [3.8, 4) is 0 Å². The Balaban J connectivity index is 1.88. The van der Waals surface area contributed by atoms with Crippen molar-refractivity contribution in [2.75, 3.05) is 0 Å². The summed E-state index contributed by atoms with van der Waals surface area (Å²) < 4.78 is 28.4. The molecule has 3 aromatic rings.